The van der Waals surface area contributed by atoms with Gasteiger partial charge in [-0.15, -0.1) is 0 Å². The van der Waals surface area contributed by atoms with Gasteiger partial charge >= 0.3 is 12.0 Å². The fourth-order valence-electron chi connectivity index (χ4n) is 2.01. The molecule has 0 saturated carbocycles. The summed E-state index contributed by atoms with van der Waals surface area (Å²) in [6, 6.07) is 7.23. The number of carboxylic acids is 1. The predicted octanol–water partition coefficient (Wildman–Crippen LogP) is 3.36. The largest absolute Gasteiger partial charge is 0.481 e. The highest BCUT2D eigenvalue weighted by Gasteiger charge is 2.11. The van der Waals surface area contributed by atoms with Gasteiger partial charge in [0.2, 0.25) is 0 Å². The van der Waals surface area contributed by atoms with E-state index in [4.69, 9.17) is 5.11 Å². The van der Waals surface area contributed by atoms with Crippen LogP contribution in [0, 0.1) is 0 Å². The van der Waals surface area contributed by atoms with Gasteiger partial charge in [0.25, 0.3) is 0 Å². The highest BCUT2D eigenvalue weighted by molar-refractivity contribution is 5.89. The Morgan fingerprint density at radius 2 is 2.05 bits per heavy atom. The smallest absolute Gasteiger partial charge is 0.321 e. The molecule has 0 fully saturated rings. The molecular weight excluding hydrogens is 268 g/mol. The number of hydrogen-bond acceptors (Lipinski definition) is 2. The van der Waals surface area contributed by atoms with E-state index in [2.05, 4.69) is 12.2 Å². The number of urea groups is 1. The number of carbonyl (C=O) groups is 2. The number of aryl methyl sites for hydroxylation is 1. The number of unbranched alkanes of at least 4 members (excludes halogenated alkanes) is 1. The van der Waals surface area contributed by atoms with Crippen LogP contribution in [0.1, 0.15) is 38.7 Å². The Morgan fingerprint density at radius 3 is 2.67 bits per heavy atom. The third-order valence-electron chi connectivity index (χ3n) is 3.26. The third-order valence-corrected chi connectivity index (χ3v) is 3.26. The molecule has 1 aromatic rings. The Morgan fingerprint density at radius 1 is 1.29 bits per heavy atom. The lowest BCUT2D eigenvalue weighted by Gasteiger charge is -2.21. The van der Waals surface area contributed by atoms with E-state index in [0.717, 1.165) is 24.9 Å². The fraction of sp³-hybridized carbons (Fsp3) is 0.500. The minimum absolute atomic E-state index is 0.0922. The molecule has 0 aliphatic carbocycles. The molecule has 0 atom stereocenters. The van der Waals surface area contributed by atoms with Crippen molar-refractivity contribution in [2.75, 3.05) is 18.4 Å². The zero-order chi connectivity index (χ0) is 15.7. The zero-order valence-electron chi connectivity index (χ0n) is 12.8. The number of nitrogens with zero attached hydrogens (tertiary/aromatic N) is 1. The van der Waals surface area contributed by atoms with Gasteiger partial charge in [-0.05, 0) is 37.5 Å². The molecule has 116 valence electrons. The first kappa shape index (κ1) is 17.0. The van der Waals surface area contributed by atoms with Crippen molar-refractivity contribution in [3.05, 3.63) is 29.8 Å². The first-order valence-corrected chi connectivity index (χ1v) is 7.43. The highest BCUT2D eigenvalue weighted by Crippen LogP contribution is 2.13. The van der Waals surface area contributed by atoms with Crippen molar-refractivity contribution in [2.45, 2.75) is 39.5 Å². The van der Waals surface area contributed by atoms with Crippen molar-refractivity contribution in [1.82, 2.24) is 4.90 Å². The monoisotopic (exact) mass is 292 g/mol. The van der Waals surface area contributed by atoms with Crippen molar-refractivity contribution < 1.29 is 14.7 Å². The molecule has 21 heavy (non-hydrogen) atoms. The highest BCUT2D eigenvalue weighted by atomic mass is 16.4. The Balaban J connectivity index is 2.62. The summed E-state index contributed by atoms with van der Waals surface area (Å²) in [5.74, 6) is -0.818. The number of anilines is 1. The second kappa shape index (κ2) is 9.00. The first-order valence-electron chi connectivity index (χ1n) is 7.43. The topological polar surface area (TPSA) is 69.6 Å². The van der Waals surface area contributed by atoms with E-state index in [-0.39, 0.29) is 12.5 Å². The summed E-state index contributed by atoms with van der Waals surface area (Å²) in [6.07, 6.45) is 2.59. The molecule has 5 heteroatoms. The second-order valence-electron chi connectivity index (χ2n) is 4.96. The van der Waals surface area contributed by atoms with E-state index in [9.17, 15) is 9.59 Å². The number of nitrogens with one attached hydrogen (secondary N) is 1. The van der Waals surface area contributed by atoms with E-state index in [1.165, 1.54) is 0 Å². The van der Waals surface area contributed by atoms with Crippen LogP contribution in [-0.2, 0) is 11.2 Å². The summed E-state index contributed by atoms with van der Waals surface area (Å²) in [7, 11) is 0. The lowest BCUT2D eigenvalue weighted by atomic mass is 10.1. The van der Waals surface area contributed by atoms with Gasteiger partial charge in [-0.1, -0.05) is 25.5 Å². The molecule has 5 nitrogen and oxygen atoms in total. The van der Waals surface area contributed by atoms with E-state index in [1.54, 1.807) is 4.90 Å². The maximum Gasteiger partial charge on any atom is 0.321 e. The van der Waals surface area contributed by atoms with Gasteiger partial charge in [-0.3, -0.25) is 4.79 Å². The van der Waals surface area contributed by atoms with Gasteiger partial charge < -0.3 is 15.3 Å². The average Bonchev–Trinajstić information content (AvgIpc) is 2.46. The molecule has 0 heterocycles. The standard InChI is InChI=1S/C16H24N2O3/c1-3-5-11-18(4-2)16(21)17-14-8-6-7-13(12-14)9-10-15(19)20/h6-8,12H,3-5,9-11H2,1-2H3,(H,17,21)(H,19,20). The SMILES string of the molecule is CCCCN(CC)C(=O)Nc1cccc(CCC(=O)O)c1. The number of carboxylic acid groups (broad SMARTS) is 1. The van der Waals surface area contributed by atoms with Crippen LogP contribution >= 0.6 is 0 Å². The summed E-state index contributed by atoms with van der Waals surface area (Å²) in [5.41, 5.74) is 1.62. The Labute approximate surface area is 126 Å². The van der Waals surface area contributed by atoms with Crippen molar-refractivity contribution in [2.24, 2.45) is 0 Å². The van der Waals surface area contributed by atoms with Crippen LogP contribution in [0.25, 0.3) is 0 Å². The Kier molecular flexibility index (Phi) is 7.29. The summed E-state index contributed by atoms with van der Waals surface area (Å²) in [4.78, 5) is 24.5. The van der Waals surface area contributed by atoms with E-state index in [0.29, 0.717) is 18.7 Å². The Bertz CT molecular complexity index is 474. The molecule has 2 N–H and O–H groups in total. The van der Waals surface area contributed by atoms with Gasteiger partial charge in [0, 0.05) is 25.2 Å². The van der Waals surface area contributed by atoms with Crippen LogP contribution in [0.4, 0.5) is 10.5 Å². The van der Waals surface area contributed by atoms with Crippen LogP contribution in [0.15, 0.2) is 24.3 Å². The summed E-state index contributed by atoms with van der Waals surface area (Å²) in [6.45, 7) is 5.47. The number of aliphatic carboxylic acids is 1. The van der Waals surface area contributed by atoms with Crippen molar-refractivity contribution in [3.8, 4) is 0 Å². The van der Waals surface area contributed by atoms with Crippen LogP contribution in [0.5, 0.6) is 0 Å². The lowest BCUT2D eigenvalue weighted by molar-refractivity contribution is -0.136. The molecule has 0 aliphatic rings. The molecule has 1 rings (SSSR count). The molecule has 0 bridgehead atoms. The predicted molar refractivity (Wildman–Crippen MR) is 83.6 cm³/mol. The molecule has 0 spiro atoms. The molecule has 0 aromatic heterocycles. The van der Waals surface area contributed by atoms with Crippen LogP contribution < -0.4 is 5.32 Å². The van der Waals surface area contributed by atoms with Crippen molar-refractivity contribution in [1.29, 1.82) is 0 Å². The minimum Gasteiger partial charge on any atom is -0.481 e. The van der Waals surface area contributed by atoms with E-state index < -0.39 is 5.97 Å². The molecule has 0 unspecified atom stereocenters. The number of benzene rings is 1. The number of rotatable bonds is 8. The maximum atomic E-state index is 12.1. The third kappa shape index (κ3) is 6.29. The van der Waals surface area contributed by atoms with Gasteiger partial charge in [0.05, 0.1) is 0 Å². The first-order chi connectivity index (χ1) is 10.1. The number of amides is 2. The quantitative estimate of drug-likeness (QED) is 0.772. The molecule has 0 radical (unpaired) electrons. The second-order valence-corrected chi connectivity index (χ2v) is 4.96. The normalized spacial score (nSPS) is 10.2. The fourth-order valence-corrected chi connectivity index (χ4v) is 2.01. The van der Waals surface area contributed by atoms with Gasteiger partial charge in [-0.2, -0.15) is 0 Å². The van der Waals surface area contributed by atoms with Gasteiger partial charge in [-0.25, -0.2) is 4.79 Å². The number of hydrogen-bond donors (Lipinski definition) is 2. The molecule has 1 aromatic carbocycles. The average molecular weight is 292 g/mol. The molecule has 0 saturated heterocycles. The maximum absolute atomic E-state index is 12.1. The lowest BCUT2D eigenvalue weighted by Crippen LogP contribution is -2.35. The summed E-state index contributed by atoms with van der Waals surface area (Å²) in [5, 5.41) is 11.6. The van der Waals surface area contributed by atoms with Gasteiger partial charge in [0.1, 0.15) is 0 Å². The molecular formula is C16H24N2O3. The van der Waals surface area contributed by atoms with E-state index >= 15 is 0 Å². The molecule has 2 amide bonds. The summed E-state index contributed by atoms with van der Waals surface area (Å²) < 4.78 is 0. The number of carbonyl (C=O) groups excluding carboxylic acids is 1. The van der Waals surface area contributed by atoms with Gasteiger partial charge in [0.15, 0.2) is 0 Å². The summed E-state index contributed by atoms with van der Waals surface area (Å²) >= 11 is 0. The van der Waals surface area contributed by atoms with Crippen molar-refractivity contribution in [3.63, 3.8) is 0 Å². The zero-order valence-corrected chi connectivity index (χ0v) is 12.8. The van der Waals surface area contributed by atoms with Crippen LogP contribution in [-0.4, -0.2) is 35.1 Å². The molecule has 0 aliphatic heterocycles. The minimum atomic E-state index is -0.818. The van der Waals surface area contributed by atoms with Crippen molar-refractivity contribution >= 4 is 17.7 Å². The van der Waals surface area contributed by atoms with E-state index in [1.807, 2.05) is 31.2 Å². The van der Waals surface area contributed by atoms with Crippen LogP contribution in [0.2, 0.25) is 0 Å². The Hall–Kier alpha value is -2.04. The van der Waals surface area contributed by atoms with Crippen LogP contribution in [0.3, 0.4) is 0 Å².